The van der Waals surface area contributed by atoms with Crippen molar-refractivity contribution >= 4 is 5.91 Å². The van der Waals surface area contributed by atoms with Crippen LogP contribution in [0.25, 0.3) is 0 Å². The van der Waals surface area contributed by atoms with Crippen LogP contribution in [0.1, 0.15) is 31.0 Å². The van der Waals surface area contributed by atoms with E-state index < -0.39 is 0 Å². The number of aromatic nitrogens is 2. The Hall–Kier alpha value is -1.36. The number of amides is 1. The number of nitrogens with zero attached hydrogens (tertiary/aromatic N) is 3. The molecule has 19 heavy (non-hydrogen) atoms. The molecule has 0 bridgehead atoms. The molecule has 3 heterocycles. The fourth-order valence-electron chi connectivity index (χ4n) is 3.12. The third-order valence-corrected chi connectivity index (χ3v) is 4.31. The van der Waals surface area contributed by atoms with Gasteiger partial charge in [-0.2, -0.15) is 0 Å². The molecule has 3 rings (SSSR count). The number of carbonyl (C=O) groups excluding carboxylic acids is 1. The molecule has 5 heteroatoms. The predicted molar refractivity (Wildman–Crippen MR) is 70.7 cm³/mol. The topological polar surface area (TPSA) is 47.4 Å². The van der Waals surface area contributed by atoms with Crippen molar-refractivity contribution in [3.05, 3.63) is 18.2 Å². The van der Waals surface area contributed by atoms with E-state index in [1.165, 1.54) is 0 Å². The maximum absolute atomic E-state index is 12.3. The highest BCUT2D eigenvalue weighted by molar-refractivity contribution is 5.79. The average molecular weight is 263 g/mol. The molecule has 0 saturated carbocycles. The number of likely N-dealkylation sites (tertiary alicyclic amines) is 1. The summed E-state index contributed by atoms with van der Waals surface area (Å²) in [7, 11) is 2.04. The first-order valence-electron chi connectivity index (χ1n) is 7.09. The summed E-state index contributed by atoms with van der Waals surface area (Å²) >= 11 is 0. The summed E-state index contributed by atoms with van der Waals surface area (Å²) in [6.45, 7) is 3.05. The van der Waals surface area contributed by atoms with Gasteiger partial charge in [0.2, 0.25) is 5.91 Å². The van der Waals surface area contributed by atoms with Crippen LogP contribution < -0.4 is 0 Å². The Labute approximate surface area is 113 Å². The van der Waals surface area contributed by atoms with Gasteiger partial charge in [-0.3, -0.25) is 4.79 Å². The Bertz CT molecular complexity index is 443. The highest BCUT2D eigenvalue weighted by Gasteiger charge is 2.31. The minimum absolute atomic E-state index is 0.102. The van der Waals surface area contributed by atoms with Crippen LogP contribution in [0.15, 0.2) is 12.4 Å². The molecule has 104 valence electrons. The second kappa shape index (κ2) is 5.33. The first kappa shape index (κ1) is 12.7. The van der Waals surface area contributed by atoms with Crippen LogP contribution >= 0.6 is 0 Å². The normalized spacial score (nSPS) is 24.9. The Morgan fingerprint density at radius 2 is 2.16 bits per heavy atom. The molecule has 2 aliphatic rings. The lowest BCUT2D eigenvalue weighted by molar-refractivity contribution is -0.136. The smallest absolute Gasteiger partial charge is 0.228 e. The van der Waals surface area contributed by atoms with Gasteiger partial charge in [-0.25, -0.2) is 4.98 Å². The van der Waals surface area contributed by atoms with Crippen molar-refractivity contribution in [3.63, 3.8) is 0 Å². The van der Waals surface area contributed by atoms with E-state index in [9.17, 15) is 4.79 Å². The molecular formula is C14H21N3O2. The van der Waals surface area contributed by atoms with E-state index in [0.29, 0.717) is 12.5 Å². The van der Waals surface area contributed by atoms with Crippen LogP contribution in [-0.2, 0) is 16.6 Å². The van der Waals surface area contributed by atoms with Gasteiger partial charge in [-0.05, 0) is 19.3 Å². The SMILES string of the molecule is Cn1ccnc1C1CCN(C(=O)C2CCOC2)CC1. The summed E-state index contributed by atoms with van der Waals surface area (Å²) in [5, 5.41) is 0. The van der Waals surface area contributed by atoms with E-state index in [-0.39, 0.29) is 11.8 Å². The van der Waals surface area contributed by atoms with Crippen molar-refractivity contribution in [2.45, 2.75) is 25.2 Å². The molecule has 0 aromatic carbocycles. The Kier molecular flexibility index (Phi) is 3.55. The number of hydrogen-bond acceptors (Lipinski definition) is 3. The molecule has 2 fully saturated rings. The maximum atomic E-state index is 12.3. The Balaban J connectivity index is 1.57. The van der Waals surface area contributed by atoms with Gasteiger partial charge in [0.15, 0.2) is 0 Å². The molecule has 0 N–H and O–H groups in total. The van der Waals surface area contributed by atoms with E-state index in [0.717, 1.165) is 44.8 Å². The first-order chi connectivity index (χ1) is 9.25. The van der Waals surface area contributed by atoms with E-state index >= 15 is 0 Å². The largest absolute Gasteiger partial charge is 0.381 e. The van der Waals surface area contributed by atoms with Gasteiger partial charge in [-0.1, -0.05) is 0 Å². The van der Waals surface area contributed by atoms with E-state index in [1.807, 2.05) is 24.3 Å². The van der Waals surface area contributed by atoms with Crippen molar-refractivity contribution in [2.24, 2.45) is 13.0 Å². The average Bonchev–Trinajstić information content (AvgIpc) is 3.09. The number of aryl methyl sites for hydroxylation is 1. The van der Waals surface area contributed by atoms with Gasteiger partial charge >= 0.3 is 0 Å². The van der Waals surface area contributed by atoms with Gasteiger partial charge in [0, 0.05) is 45.1 Å². The van der Waals surface area contributed by atoms with Gasteiger partial charge in [0.1, 0.15) is 5.82 Å². The zero-order valence-electron chi connectivity index (χ0n) is 11.4. The third kappa shape index (κ3) is 2.52. The van der Waals surface area contributed by atoms with E-state index in [2.05, 4.69) is 9.55 Å². The van der Waals surface area contributed by atoms with Gasteiger partial charge in [0.25, 0.3) is 0 Å². The van der Waals surface area contributed by atoms with E-state index in [1.54, 1.807) is 0 Å². The zero-order valence-corrected chi connectivity index (χ0v) is 11.4. The lowest BCUT2D eigenvalue weighted by Crippen LogP contribution is -2.41. The first-order valence-corrected chi connectivity index (χ1v) is 7.09. The van der Waals surface area contributed by atoms with Crippen molar-refractivity contribution in [1.82, 2.24) is 14.5 Å². The second-order valence-electron chi connectivity index (χ2n) is 5.56. The van der Waals surface area contributed by atoms with Crippen LogP contribution in [0.3, 0.4) is 0 Å². The van der Waals surface area contributed by atoms with Gasteiger partial charge in [-0.15, -0.1) is 0 Å². The predicted octanol–water partition coefficient (Wildman–Crippen LogP) is 1.16. The number of carbonyl (C=O) groups is 1. The zero-order chi connectivity index (χ0) is 13.2. The minimum Gasteiger partial charge on any atom is -0.381 e. The minimum atomic E-state index is 0.102. The number of piperidine rings is 1. The molecule has 1 amide bonds. The molecule has 0 aliphatic carbocycles. The summed E-state index contributed by atoms with van der Waals surface area (Å²) in [6, 6.07) is 0. The summed E-state index contributed by atoms with van der Waals surface area (Å²) in [5.41, 5.74) is 0. The molecule has 2 saturated heterocycles. The quantitative estimate of drug-likeness (QED) is 0.804. The van der Waals surface area contributed by atoms with Gasteiger partial charge in [0.05, 0.1) is 12.5 Å². The van der Waals surface area contributed by atoms with Gasteiger partial charge < -0.3 is 14.2 Å². The van der Waals surface area contributed by atoms with Crippen LogP contribution in [0, 0.1) is 5.92 Å². The number of hydrogen-bond donors (Lipinski definition) is 0. The summed E-state index contributed by atoms with van der Waals surface area (Å²) in [4.78, 5) is 18.7. The summed E-state index contributed by atoms with van der Waals surface area (Å²) < 4.78 is 7.39. The van der Waals surface area contributed by atoms with Crippen LogP contribution in [0.5, 0.6) is 0 Å². The Morgan fingerprint density at radius 3 is 2.74 bits per heavy atom. The van der Waals surface area contributed by atoms with Crippen molar-refractivity contribution in [3.8, 4) is 0 Å². The van der Waals surface area contributed by atoms with Crippen LogP contribution in [0.4, 0.5) is 0 Å². The Morgan fingerprint density at radius 1 is 1.37 bits per heavy atom. The lowest BCUT2D eigenvalue weighted by Gasteiger charge is -2.33. The van der Waals surface area contributed by atoms with Crippen molar-refractivity contribution < 1.29 is 9.53 Å². The highest BCUT2D eigenvalue weighted by atomic mass is 16.5. The van der Waals surface area contributed by atoms with Crippen LogP contribution in [0.2, 0.25) is 0 Å². The molecule has 1 unspecified atom stereocenters. The molecule has 0 radical (unpaired) electrons. The van der Waals surface area contributed by atoms with Crippen LogP contribution in [-0.4, -0.2) is 46.7 Å². The number of ether oxygens (including phenoxy) is 1. The standard InChI is InChI=1S/C14H21N3O2/c1-16-8-5-15-13(16)11-2-6-17(7-3-11)14(18)12-4-9-19-10-12/h5,8,11-12H,2-4,6-7,9-10H2,1H3. The summed E-state index contributed by atoms with van der Waals surface area (Å²) in [5.74, 6) is 2.03. The second-order valence-corrected chi connectivity index (χ2v) is 5.56. The molecule has 0 spiro atoms. The van der Waals surface area contributed by atoms with Crippen molar-refractivity contribution in [1.29, 1.82) is 0 Å². The molecule has 2 aliphatic heterocycles. The van der Waals surface area contributed by atoms with Crippen molar-refractivity contribution in [2.75, 3.05) is 26.3 Å². The maximum Gasteiger partial charge on any atom is 0.228 e. The molecule has 1 aromatic rings. The molecule has 5 nitrogen and oxygen atoms in total. The third-order valence-electron chi connectivity index (χ3n) is 4.31. The fraction of sp³-hybridized carbons (Fsp3) is 0.714. The fourth-order valence-corrected chi connectivity index (χ4v) is 3.12. The molecule has 1 aromatic heterocycles. The molecular weight excluding hydrogens is 242 g/mol. The highest BCUT2D eigenvalue weighted by Crippen LogP contribution is 2.28. The summed E-state index contributed by atoms with van der Waals surface area (Å²) in [6.07, 6.45) is 6.76. The van der Waals surface area contributed by atoms with E-state index in [4.69, 9.17) is 4.74 Å². The monoisotopic (exact) mass is 263 g/mol. The molecule has 1 atom stereocenters. The number of rotatable bonds is 2. The lowest BCUT2D eigenvalue weighted by atomic mass is 9.94. The number of imidazole rings is 1.